The van der Waals surface area contributed by atoms with E-state index < -0.39 is 0 Å². The molecule has 0 saturated heterocycles. The molecule has 1 aliphatic heterocycles. The Morgan fingerprint density at radius 3 is 2.52 bits per heavy atom. The molecule has 6 heteroatoms. The van der Waals surface area contributed by atoms with E-state index in [9.17, 15) is 0 Å². The van der Waals surface area contributed by atoms with Gasteiger partial charge in [0.15, 0.2) is 0 Å². The van der Waals surface area contributed by atoms with Crippen LogP contribution in [0.1, 0.15) is 22.7 Å². The molecule has 0 unspecified atom stereocenters. The predicted molar refractivity (Wildman–Crippen MR) is 112 cm³/mol. The number of para-hydroxylation sites is 1. The molecule has 0 radical (unpaired) electrons. The van der Waals surface area contributed by atoms with Gasteiger partial charge in [0.2, 0.25) is 5.95 Å². The number of hydrogen-bond acceptors (Lipinski definition) is 5. The van der Waals surface area contributed by atoms with Crippen molar-refractivity contribution in [1.29, 1.82) is 0 Å². The van der Waals surface area contributed by atoms with Gasteiger partial charge in [-0.1, -0.05) is 65.3 Å². The van der Waals surface area contributed by atoms with Crippen LogP contribution in [0.4, 0.5) is 5.95 Å². The van der Waals surface area contributed by atoms with Gasteiger partial charge in [0.1, 0.15) is 17.5 Å². The summed E-state index contributed by atoms with van der Waals surface area (Å²) in [5, 5.41) is 15.5. The molecule has 1 aliphatic rings. The van der Waals surface area contributed by atoms with Crippen LogP contribution in [0.3, 0.4) is 0 Å². The Hall–Kier alpha value is -3.93. The van der Waals surface area contributed by atoms with Gasteiger partial charge in [-0.15, -0.1) is 0 Å². The maximum absolute atomic E-state index is 6.01. The summed E-state index contributed by atoms with van der Waals surface area (Å²) in [6, 6.07) is 26.0. The number of allylic oxidation sites excluding steroid dienone is 1. The third-order valence-electron chi connectivity index (χ3n) is 4.87. The molecular formula is C23H19N5O. The zero-order chi connectivity index (χ0) is 19.6. The van der Waals surface area contributed by atoms with E-state index in [-0.39, 0.29) is 6.04 Å². The van der Waals surface area contributed by atoms with Gasteiger partial charge in [-0.3, -0.25) is 0 Å². The maximum Gasteiger partial charge on any atom is 0.248 e. The minimum absolute atomic E-state index is 0.142. The fourth-order valence-electron chi connectivity index (χ4n) is 3.38. The lowest BCUT2D eigenvalue weighted by Crippen LogP contribution is -2.20. The van der Waals surface area contributed by atoms with Gasteiger partial charge < -0.3 is 10.1 Å². The van der Waals surface area contributed by atoms with Crippen LogP contribution >= 0.6 is 0 Å². The van der Waals surface area contributed by atoms with Crippen LogP contribution in [0, 0.1) is 6.92 Å². The van der Waals surface area contributed by atoms with E-state index in [0.29, 0.717) is 5.95 Å². The number of fused-ring (bicyclic) bond motifs is 1. The van der Waals surface area contributed by atoms with E-state index in [2.05, 4.69) is 64.2 Å². The predicted octanol–water partition coefficient (Wildman–Crippen LogP) is 4.83. The number of ether oxygens (including phenoxy) is 1. The van der Waals surface area contributed by atoms with Crippen molar-refractivity contribution in [1.82, 2.24) is 20.2 Å². The van der Waals surface area contributed by atoms with Crippen LogP contribution in [-0.2, 0) is 0 Å². The lowest BCUT2D eigenvalue weighted by atomic mass is 10.0. The number of benzene rings is 3. The second kappa shape index (κ2) is 7.24. The van der Waals surface area contributed by atoms with Crippen LogP contribution in [-0.4, -0.2) is 20.2 Å². The Morgan fingerprint density at radius 2 is 1.69 bits per heavy atom. The number of nitrogens with one attached hydrogen (secondary N) is 1. The summed E-state index contributed by atoms with van der Waals surface area (Å²) in [7, 11) is 0. The van der Waals surface area contributed by atoms with Crippen LogP contribution in [0.2, 0.25) is 0 Å². The Kier molecular flexibility index (Phi) is 4.29. The summed E-state index contributed by atoms with van der Waals surface area (Å²) in [6.07, 6.45) is 2.13. The minimum atomic E-state index is -0.142. The average Bonchev–Trinajstić information content (AvgIpc) is 3.23. The highest BCUT2D eigenvalue weighted by molar-refractivity contribution is 5.77. The third kappa shape index (κ3) is 3.48. The van der Waals surface area contributed by atoms with Gasteiger partial charge in [0.05, 0.1) is 0 Å². The van der Waals surface area contributed by atoms with Crippen LogP contribution in [0.25, 0.3) is 5.70 Å². The van der Waals surface area contributed by atoms with Crippen molar-refractivity contribution in [3.05, 3.63) is 102 Å². The normalized spacial score (nSPS) is 15.2. The maximum atomic E-state index is 6.01. The monoisotopic (exact) mass is 381 g/mol. The van der Waals surface area contributed by atoms with Crippen LogP contribution < -0.4 is 10.1 Å². The van der Waals surface area contributed by atoms with Crippen molar-refractivity contribution < 1.29 is 4.74 Å². The number of rotatable bonds is 4. The van der Waals surface area contributed by atoms with Crippen LogP contribution in [0.15, 0.2) is 84.9 Å². The molecule has 4 aromatic rings. The van der Waals surface area contributed by atoms with Crippen molar-refractivity contribution in [2.45, 2.75) is 13.0 Å². The van der Waals surface area contributed by atoms with Gasteiger partial charge in [-0.05, 0) is 58.8 Å². The topological polar surface area (TPSA) is 64.9 Å². The lowest BCUT2D eigenvalue weighted by molar-refractivity contribution is 0.480. The summed E-state index contributed by atoms with van der Waals surface area (Å²) in [6.45, 7) is 2.08. The van der Waals surface area contributed by atoms with Crippen molar-refractivity contribution >= 4 is 11.6 Å². The van der Waals surface area contributed by atoms with Crippen molar-refractivity contribution in [2.75, 3.05) is 5.32 Å². The molecule has 3 aromatic carbocycles. The summed E-state index contributed by atoms with van der Waals surface area (Å²) >= 11 is 0. The van der Waals surface area contributed by atoms with Gasteiger partial charge in [-0.25, -0.2) is 0 Å². The Morgan fingerprint density at radius 1 is 0.897 bits per heavy atom. The molecule has 1 N–H and O–H groups in total. The molecule has 6 nitrogen and oxygen atoms in total. The summed E-state index contributed by atoms with van der Waals surface area (Å²) in [5.74, 6) is 2.18. The molecule has 0 amide bonds. The van der Waals surface area contributed by atoms with E-state index in [0.717, 1.165) is 28.3 Å². The first-order valence-electron chi connectivity index (χ1n) is 9.43. The van der Waals surface area contributed by atoms with E-state index >= 15 is 0 Å². The number of anilines is 1. The molecule has 142 valence electrons. The summed E-state index contributed by atoms with van der Waals surface area (Å²) < 4.78 is 7.78. The Balaban J connectivity index is 1.52. The number of aryl methyl sites for hydroxylation is 1. The molecule has 5 rings (SSSR count). The van der Waals surface area contributed by atoms with Gasteiger partial charge >= 0.3 is 0 Å². The quantitative estimate of drug-likeness (QED) is 0.548. The third-order valence-corrected chi connectivity index (χ3v) is 4.87. The number of aromatic nitrogens is 4. The standard InChI is InChI=1S/C23H19N5O/c1-16-10-12-17(13-11-16)21-15-22(28-23(24-21)25-26-27-28)18-6-5-9-20(14-18)29-19-7-3-2-4-8-19/h2-15,22H,1H3,(H,24,25,27)/t22-/m1/s1. The van der Waals surface area contributed by atoms with Gasteiger partial charge in [-0.2, -0.15) is 4.68 Å². The second-order valence-electron chi connectivity index (χ2n) is 6.95. The largest absolute Gasteiger partial charge is 0.457 e. The molecule has 0 bridgehead atoms. The number of hydrogen-bond donors (Lipinski definition) is 1. The molecule has 0 aliphatic carbocycles. The highest BCUT2D eigenvalue weighted by atomic mass is 16.5. The van der Waals surface area contributed by atoms with Crippen molar-refractivity contribution in [2.24, 2.45) is 0 Å². The number of nitrogens with zero attached hydrogens (tertiary/aromatic N) is 4. The zero-order valence-corrected chi connectivity index (χ0v) is 15.9. The summed E-state index contributed by atoms with van der Waals surface area (Å²) in [4.78, 5) is 0. The van der Waals surface area contributed by atoms with Crippen LogP contribution in [0.5, 0.6) is 11.5 Å². The van der Waals surface area contributed by atoms with Gasteiger partial charge in [0, 0.05) is 5.70 Å². The van der Waals surface area contributed by atoms with E-state index in [1.807, 2.05) is 48.5 Å². The zero-order valence-electron chi connectivity index (χ0n) is 15.9. The fraction of sp³-hybridized carbons (Fsp3) is 0.0870. The summed E-state index contributed by atoms with van der Waals surface area (Å²) in [5.41, 5.74) is 4.33. The Labute approximate surface area is 168 Å². The van der Waals surface area contributed by atoms with E-state index in [4.69, 9.17) is 4.74 Å². The molecule has 0 spiro atoms. The highest BCUT2D eigenvalue weighted by Crippen LogP contribution is 2.33. The SMILES string of the molecule is Cc1ccc(C2=C[C@H](c3cccc(Oc4ccccc4)c3)n3nnnc3N2)cc1. The molecule has 1 atom stereocenters. The fourth-order valence-corrected chi connectivity index (χ4v) is 3.38. The molecule has 2 heterocycles. The first-order valence-corrected chi connectivity index (χ1v) is 9.43. The molecule has 29 heavy (non-hydrogen) atoms. The molecular weight excluding hydrogens is 362 g/mol. The van der Waals surface area contributed by atoms with Crippen molar-refractivity contribution in [3.8, 4) is 11.5 Å². The first kappa shape index (κ1) is 17.2. The van der Waals surface area contributed by atoms with E-state index in [1.165, 1.54) is 5.56 Å². The highest BCUT2D eigenvalue weighted by Gasteiger charge is 2.24. The smallest absolute Gasteiger partial charge is 0.248 e. The van der Waals surface area contributed by atoms with Gasteiger partial charge in [0.25, 0.3) is 0 Å². The molecule has 0 saturated carbocycles. The molecule has 0 fully saturated rings. The Bertz CT molecular complexity index is 1170. The van der Waals surface area contributed by atoms with E-state index in [1.54, 1.807) is 4.68 Å². The number of tetrazole rings is 1. The second-order valence-corrected chi connectivity index (χ2v) is 6.95. The minimum Gasteiger partial charge on any atom is -0.457 e. The molecule has 1 aromatic heterocycles. The van der Waals surface area contributed by atoms with Crippen molar-refractivity contribution in [3.63, 3.8) is 0 Å². The lowest BCUT2D eigenvalue weighted by Gasteiger charge is -2.24. The average molecular weight is 381 g/mol. The first-order chi connectivity index (χ1) is 14.3.